The summed E-state index contributed by atoms with van der Waals surface area (Å²) >= 11 is 0. The number of pyridine rings is 1. The van der Waals surface area contributed by atoms with Crippen LogP contribution in [0.25, 0.3) is 0 Å². The smallest absolute Gasteiger partial charge is 0.246 e. The van der Waals surface area contributed by atoms with Gasteiger partial charge in [0.1, 0.15) is 16.4 Å². The fourth-order valence-electron chi connectivity index (χ4n) is 2.01. The average molecular weight is 309 g/mol. The van der Waals surface area contributed by atoms with Gasteiger partial charge >= 0.3 is 0 Å². The van der Waals surface area contributed by atoms with Crippen LogP contribution in [0.1, 0.15) is 17.1 Å². The predicted octanol–water partition coefficient (Wildman–Crippen LogP) is 1.30. The molecule has 0 saturated carbocycles. The van der Waals surface area contributed by atoms with Gasteiger partial charge in [-0.25, -0.2) is 12.7 Å². The van der Waals surface area contributed by atoms with Crippen molar-refractivity contribution in [2.24, 2.45) is 5.73 Å². The molecule has 2 rings (SSSR count). The van der Waals surface area contributed by atoms with Crippen LogP contribution in [-0.4, -0.2) is 31.3 Å². The first kappa shape index (κ1) is 15.7. The highest BCUT2D eigenvalue weighted by atomic mass is 32.2. The van der Waals surface area contributed by atoms with Gasteiger partial charge in [-0.05, 0) is 31.0 Å². The summed E-state index contributed by atoms with van der Waals surface area (Å²) in [6.07, 6.45) is 4.01. The third-order valence-corrected chi connectivity index (χ3v) is 5.24. The van der Waals surface area contributed by atoms with Crippen molar-refractivity contribution in [2.45, 2.75) is 24.8 Å². The Hall–Kier alpha value is -1.70. The van der Waals surface area contributed by atoms with Crippen LogP contribution < -0.4 is 5.73 Å². The maximum absolute atomic E-state index is 12.5. The number of hydrogen-bond acceptors (Lipinski definition) is 5. The highest BCUT2D eigenvalue weighted by molar-refractivity contribution is 7.89. The molecule has 21 heavy (non-hydrogen) atoms. The Kier molecular flexibility index (Phi) is 4.76. The van der Waals surface area contributed by atoms with Gasteiger partial charge in [0.15, 0.2) is 0 Å². The number of aromatic nitrogens is 1. The van der Waals surface area contributed by atoms with Crippen molar-refractivity contribution in [3.05, 3.63) is 47.7 Å². The van der Waals surface area contributed by atoms with Gasteiger partial charge in [0.25, 0.3) is 0 Å². The number of hydrogen-bond donors (Lipinski definition) is 1. The predicted molar refractivity (Wildman–Crippen MR) is 79.1 cm³/mol. The molecule has 0 unspecified atom stereocenters. The molecule has 0 saturated heterocycles. The summed E-state index contributed by atoms with van der Waals surface area (Å²) in [6, 6.07) is 5.24. The van der Waals surface area contributed by atoms with E-state index in [1.165, 1.54) is 10.4 Å². The van der Waals surface area contributed by atoms with Crippen molar-refractivity contribution >= 4 is 10.0 Å². The molecule has 114 valence electrons. The Balaban J connectivity index is 2.13. The molecule has 0 radical (unpaired) electrons. The van der Waals surface area contributed by atoms with Crippen molar-refractivity contribution in [3.63, 3.8) is 0 Å². The molecule has 0 bridgehead atoms. The second-order valence-electron chi connectivity index (χ2n) is 4.77. The Morgan fingerprint density at radius 1 is 1.33 bits per heavy atom. The van der Waals surface area contributed by atoms with Crippen LogP contribution in [0.15, 0.2) is 39.9 Å². The topological polar surface area (TPSA) is 89.4 Å². The first-order chi connectivity index (χ1) is 9.95. The summed E-state index contributed by atoms with van der Waals surface area (Å²) in [5, 5.41) is 0. The highest BCUT2D eigenvalue weighted by Gasteiger charge is 2.25. The van der Waals surface area contributed by atoms with Crippen LogP contribution >= 0.6 is 0 Å². The van der Waals surface area contributed by atoms with E-state index in [1.807, 2.05) is 12.1 Å². The Morgan fingerprint density at radius 2 is 2.00 bits per heavy atom. The molecule has 2 aromatic rings. The first-order valence-electron chi connectivity index (χ1n) is 6.59. The fraction of sp³-hybridized carbons (Fsp3) is 0.357. The number of furan rings is 1. The van der Waals surface area contributed by atoms with E-state index in [0.717, 1.165) is 5.56 Å². The average Bonchev–Trinajstić information content (AvgIpc) is 2.87. The van der Waals surface area contributed by atoms with Crippen molar-refractivity contribution in [2.75, 3.05) is 13.6 Å². The lowest BCUT2D eigenvalue weighted by atomic mass is 10.2. The van der Waals surface area contributed by atoms with Crippen LogP contribution in [0, 0.1) is 6.92 Å². The van der Waals surface area contributed by atoms with Gasteiger partial charge in [-0.15, -0.1) is 0 Å². The molecule has 0 spiro atoms. The summed E-state index contributed by atoms with van der Waals surface area (Å²) in [7, 11) is -2.00. The number of nitrogens with two attached hydrogens (primary N) is 1. The van der Waals surface area contributed by atoms with E-state index < -0.39 is 10.0 Å². The van der Waals surface area contributed by atoms with Crippen molar-refractivity contribution in [3.8, 4) is 0 Å². The second-order valence-corrected chi connectivity index (χ2v) is 6.78. The summed E-state index contributed by atoms with van der Waals surface area (Å²) in [5.41, 5.74) is 6.52. The molecule has 2 aromatic heterocycles. The van der Waals surface area contributed by atoms with E-state index in [9.17, 15) is 8.42 Å². The molecule has 7 heteroatoms. The van der Waals surface area contributed by atoms with Gasteiger partial charge in [0.2, 0.25) is 10.0 Å². The molecule has 0 aliphatic carbocycles. The minimum atomic E-state index is -3.56. The lowest BCUT2D eigenvalue weighted by molar-refractivity contribution is 0.460. The van der Waals surface area contributed by atoms with E-state index >= 15 is 0 Å². The van der Waals surface area contributed by atoms with Crippen LogP contribution in [0.2, 0.25) is 0 Å². The van der Waals surface area contributed by atoms with E-state index in [-0.39, 0.29) is 11.4 Å². The SMILES string of the molecule is Cc1oc(CN)cc1S(=O)(=O)N(C)CCc1ccncc1. The first-order valence-corrected chi connectivity index (χ1v) is 8.03. The number of aryl methyl sites for hydroxylation is 1. The van der Waals surface area contributed by atoms with Crippen LogP contribution in [-0.2, 0) is 23.0 Å². The molecular formula is C14H19N3O3S. The lowest BCUT2D eigenvalue weighted by Crippen LogP contribution is -2.29. The summed E-state index contributed by atoms with van der Waals surface area (Å²) < 4.78 is 31.7. The minimum absolute atomic E-state index is 0.178. The van der Waals surface area contributed by atoms with E-state index in [4.69, 9.17) is 10.2 Å². The van der Waals surface area contributed by atoms with Crippen LogP contribution in [0.4, 0.5) is 0 Å². The minimum Gasteiger partial charge on any atom is -0.464 e. The Morgan fingerprint density at radius 3 is 2.57 bits per heavy atom. The fourth-order valence-corrected chi connectivity index (χ4v) is 3.36. The van der Waals surface area contributed by atoms with Crippen LogP contribution in [0.5, 0.6) is 0 Å². The van der Waals surface area contributed by atoms with Gasteiger partial charge in [-0.3, -0.25) is 4.98 Å². The van der Waals surface area contributed by atoms with Gasteiger partial charge in [-0.2, -0.15) is 0 Å². The number of likely N-dealkylation sites (N-methyl/N-ethyl adjacent to an activating group) is 1. The lowest BCUT2D eigenvalue weighted by Gasteiger charge is -2.16. The Labute approximate surface area is 124 Å². The van der Waals surface area contributed by atoms with Crippen LogP contribution in [0.3, 0.4) is 0 Å². The maximum Gasteiger partial charge on any atom is 0.246 e. The van der Waals surface area contributed by atoms with Gasteiger partial charge in [0.05, 0.1) is 6.54 Å². The standard InChI is InChI=1S/C14H19N3O3S/c1-11-14(9-13(10-15)20-11)21(18,19)17(2)8-5-12-3-6-16-7-4-12/h3-4,6-7,9H,5,8,10,15H2,1-2H3. The number of rotatable bonds is 6. The number of sulfonamides is 1. The van der Waals surface area contributed by atoms with Crippen molar-refractivity contribution < 1.29 is 12.8 Å². The quantitative estimate of drug-likeness (QED) is 0.869. The molecular weight excluding hydrogens is 290 g/mol. The van der Waals surface area contributed by atoms with E-state index in [0.29, 0.717) is 24.5 Å². The number of nitrogens with zero attached hydrogens (tertiary/aromatic N) is 2. The third-order valence-electron chi connectivity index (χ3n) is 3.28. The van der Waals surface area contributed by atoms with Crippen molar-refractivity contribution in [1.29, 1.82) is 0 Å². The maximum atomic E-state index is 12.5. The largest absolute Gasteiger partial charge is 0.464 e. The van der Waals surface area contributed by atoms with Gasteiger partial charge < -0.3 is 10.2 Å². The summed E-state index contributed by atoms with van der Waals surface area (Å²) in [6.45, 7) is 2.19. The highest BCUT2D eigenvalue weighted by Crippen LogP contribution is 2.22. The molecule has 0 aromatic carbocycles. The molecule has 6 nitrogen and oxygen atoms in total. The van der Waals surface area contributed by atoms with Gasteiger partial charge in [0, 0.05) is 32.1 Å². The Bertz CT molecular complexity index is 696. The normalized spacial score (nSPS) is 12.0. The zero-order valence-electron chi connectivity index (χ0n) is 12.1. The van der Waals surface area contributed by atoms with Gasteiger partial charge in [-0.1, -0.05) is 0 Å². The summed E-state index contributed by atoms with van der Waals surface area (Å²) in [4.78, 5) is 4.12. The summed E-state index contributed by atoms with van der Waals surface area (Å²) in [5.74, 6) is 0.833. The molecule has 0 aliphatic heterocycles. The molecule has 0 aliphatic rings. The molecule has 0 fully saturated rings. The molecule has 0 amide bonds. The zero-order chi connectivity index (χ0) is 15.5. The monoisotopic (exact) mass is 309 g/mol. The molecule has 2 heterocycles. The molecule has 2 N–H and O–H groups in total. The second kappa shape index (κ2) is 6.38. The van der Waals surface area contributed by atoms with Crippen molar-refractivity contribution in [1.82, 2.24) is 9.29 Å². The third kappa shape index (κ3) is 3.49. The van der Waals surface area contributed by atoms with E-state index in [2.05, 4.69) is 4.98 Å². The zero-order valence-corrected chi connectivity index (χ0v) is 12.9. The molecule has 0 atom stereocenters. The van der Waals surface area contributed by atoms with E-state index in [1.54, 1.807) is 26.4 Å².